The molecule has 7 nitrogen and oxygen atoms in total. The third-order valence-electron chi connectivity index (χ3n) is 4.55. The fourth-order valence-electron chi connectivity index (χ4n) is 3.24. The van der Waals surface area contributed by atoms with Gasteiger partial charge in [-0.2, -0.15) is 0 Å². The van der Waals surface area contributed by atoms with Gasteiger partial charge in [0.15, 0.2) is 0 Å². The Labute approximate surface area is 140 Å². The van der Waals surface area contributed by atoms with Gasteiger partial charge >= 0.3 is 5.97 Å². The Bertz CT molecular complexity index is 749. The van der Waals surface area contributed by atoms with Gasteiger partial charge in [0.1, 0.15) is 5.65 Å². The number of amides is 1. The number of H-pyrrole nitrogens is 1. The van der Waals surface area contributed by atoms with Crippen molar-refractivity contribution in [3.63, 3.8) is 0 Å². The Kier molecular flexibility index (Phi) is 4.80. The number of hydrogen-bond acceptors (Lipinski definition) is 4. The lowest BCUT2D eigenvalue weighted by Gasteiger charge is -2.23. The van der Waals surface area contributed by atoms with E-state index in [1.165, 1.54) is 6.20 Å². The highest BCUT2D eigenvalue weighted by atomic mass is 16.4. The molecule has 1 fully saturated rings. The molecule has 1 atom stereocenters. The van der Waals surface area contributed by atoms with Gasteiger partial charge in [-0.25, -0.2) is 9.78 Å². The molecule has 1 saturated heterocycles. The molecular formula is C17H22N4O3. The second-order valence-corrected chi connectivity index (χ2v) is 6.08. The fraction of sp³-hybridized carbons (Fsp3) is 0.471. The Morgan fingerprint density at radius 1 is 1.42 bits per heavy atom. The number of nitrogens with one attached hydrogen (secondary N) is 2. The smallest absolute Gasteiger partial charge is 0.337 e. The summed E-state index contributed by atoms with van der Waals surface area (Å²) in [6.45, 7) is 4.07. The van der Waals surface area contributed by atoms with Crippen LogP contribution in [0.3, 0.4) is 0 Å². The standard InChI is InChI=1S/C17H22N4O3/c1-2-13(16(22)21-7-3-4-8-21)19-9-11-5-6-18-15-14(11)12(10-20-15)17(23)24/h5-6,10,13,19H,2-4,7-9H2,1H3,(H,18,20)(H,23,24)/t13-/m1/s1. The van der Waals surface area contributed by atoms with Crippen molar-refractivity contribution in [3.8, 4) is 0 Å². The van der Waals surface area contributed by atoms with Gasteiger partial charge in [-0.3, -0.25) is 4.79 Å². The maximum absolute atomic E-state index is 12.5. The molecule has 0 aromatic carbocycles. The van der Waals surface area contributed by atoms with E-state index in [1.807, 2.05) is 11.8 Å². The number of carbonyl (C=O) groups excluding carboxylic acids is 1. The number of aromatic carboxylic acids is 1. The van der Waals surface area contributed by atoms with Crippen molar-refractivity contribution < 1.29 is 14.7 Å². The molecule has 0 radical (unpaired) electrons. The van der Waals surface area contributed by atoms with Crippen LogP contribution < -0.4 is 5.32 Å². The fourth-order valence-corrected chi connectivity index (χ4v) is 3.24. The molecule has 0 aliphatic carbocycles. The van der Waals surface area contributed by atoms with Gasteiger partial charge in [0.2, 0.25) is 5.91 Å². The summed E-state index contributed by atoms with van der Waals surface area (Å²) in [5.74, 6) is -0.858. The molecule has 128 valence electrons. The van der Waals surface area contributed by atoms with E-state index in [1.54, 1.807) is 12.3 Å². The monoisotopic (exact) mass is 330 g/mol. The number of carboxylic acids is 1. The topological polar surface area (TPSA) is 98.3 Å². The number of rotatable bonds is 6. The molecule has 0 spiro atoms. The average Bonchev–Trinajstić information content (AvgIpc) is 3.25. The molecule has 24 heavy (non-hydrogen) atoms. The summed E-state index contributed by atoms with van der Waals surface area (Å²) in [4.78, 5) is 32.9. The molecular weight excluding hydrogens is 308 g/mol. The molecule has 7 heteroatoms. The minimum Gasteiger partial charge on any atom is -0.478 e. The number of nitrogens with zero attached hydrogens (tertiary/aromatic N) is 2. The zero-order valence-electron chi connectivity index (χ0n) is 13.7. The van der Waals surface area contributed by atoms with E-state index in [9.17, 15) is 14.7 Å². The van der Waals surface area contributed by atoms with Crippen LogP contribution in [0.5, 0.6) is 0 Å². The van der Waals surface area contributed by atoms with Crippen LogP contribution in [0, 0.1) is 0 Å². The van der Waals surface area contributed by atoms with E-state index in [0.717, 1.165) is 31.5 Å². The first-order valence-electron chi connectivity index (χ1n) is 8.32. The van der Waals surface area contributed by atoms with E-state index in [0.29, 0.717) is 24.0 Å². The second-order valence-electron chi connectivity index (χ2n) is 6.08. The quantitative estimate of drug-likeness (QED) is 0.749. The predicted octanol–water partition coefficient (Wildman–Crippen LogP) is 1.75. The van der Waals surface area contributed by atoms with Crippen molar-refractivity contribution >= 4 is 22.9 Å². The SMILES string of the molecule is CC[C@@H](NCc1ccnc2[nH]cc(C(=O)O)c12)C(=O)N1CCCC1. The zero-order chi connectivity index (χ0) is 17.1. The van der Waals surface area contributed by atoms with Gasteiger partial charge < -0.3 is 20.3 Å². The summed E-state index contributed by atoms with van der Waals surface area (Å²) in [6, 6.07) is 1.54. The van der Waals surface area contributed by atoms with Gasteiger partial charge in [-0.1, -0.05) is 6.92 Å². The van der Waals surface area contributed by atoms with E-state index < -0.39 is 5.97 Å². The van der Waals surface area contributed by atoms with Crippen molar-refractivity contribution in [2.45, 2.75) is 38.8 Å². The lowest BCUT2D eigenvalue weighted by Crippen LogP contribution is -2.44. The Balaban J connectivity index is 1.78. The number of pyridine rings is 1. The Hall–Kier alpha value is -2.41. The first-order chi connectivity index (χ1) is 11.6. The van der Waals surface area contributed by atoms with Crippen LogP contribution in [0.25, 0.3) is 11.0 Å². The maximum Gasteiger partial charge on any atom is 0.337 e. The van der Waals surface area contributed by atoms with E-state index in [-0.39, 0.29) is 17.5 Å². The largest absolute Gasteiger partial charge is 0.478 e. The van der Waals surface area contributed by atoms with Crippen molar-refractivity contribution in [1.29, 1.82) is 0 Å². The van der Waals surface area contributed by atoms with E-state index in [4.69, 9.17) is 0 Å². The normalized spacial score (nSPS) is 15.8. The highest BCUT2D eigenvalue weighted by molar-refractivity contribution is 6.03. The third kappa shape index (κ3) is 3.12. The summed E-state index contributed by atoms with van der Waals surface area (Å²) < 4.78 is 0. The first kappa shape index (κ1) is 16.4. The number of carboxylic acid groups (broad SMARTS) is 1. The predicted molar refractivity (Wildman–Crippen MR) is 89.8 cm³/mol. The van der Waals surface area contributed by atoms with Crippen LogP contribution >= 0.6 is 0 Å². The Morgan fingerprint density at radius 3 is 2.83 bits per heavy atom. The van der Waals surface area contributed by atoms with Crippen LogP contribution in [0.4, 0.5) is 0 Å². The summed E-state index contributed by atoms with van der Waals surface area (Å²) in [6.07, 6.45) is 5.93. The summed E-state index contributed by atoms with van der Waals surface area (Å²) in [7, 11) is 0. The van der Waals surface area contributed by atoms with Crippen LogP contribution in [0.15, 0.2) is 18.5 Å². The number of aromatic amines is 1. The number of hydrogen-bond donors (Lipinski definition) is 3. The number of carbonyl (C=O) groups is 2. The zero-order valence-corrected chi connectivity index (χ0v) is 13.7. The lowest BCUT2D eigenvalue weighted by atomic mass is 10.1. The van der Waals surface area contributed by atoms with Crippen molar-refractivity contribution in [2.24, 2.45) is 0 Å². The van der Waals surface area contributed by atoms with Crippen molar-refractivity contribution in [2.75, 3.05) is 13.1 Å². The van der Waals surface area contributed by atoms with E-state index >= 15 is 0 Å². The van der Waals surface area contributed by atoms with Gasteiger partial charge in [0.05, 0.1) is 11.6 Å². The molecule has 2 aromatic rings. The van der Waals surface area contributed by atoms with Gasteiger partial charge in [-0.15, -0.1) is 0 Å². The van der Waals surface area contributed by atoms with Gasteiger partial charge in [0, 0.05) is 37.4 Å². The second kappa shape index (κ2) is 7.00. The summed E-state index contributed by atoms with van der Waals surface area (Å²) in [5, 5.41) is 13.2. The van der Waals surface area contributed by atoms with Crippen LogP contribution in [0.1, 0.15) is 42.1 Å². The van der Waals surface area contributed by atoms with Crippen molar-refractivity contribution in [3.05, 3.63) is 29.6 Å². The molecule has 0 bridgehead atoms. The van der Waals surface area contributed by atoms with Crippen LogP contribution in [0.2, 0.25) is 0 Å². The highest BCUT2D eigenvalue weighted by Crippen LogP contribution is 2.21. The van der Waals surface area contributed by atoms with Gasteiger partial charge in [0.25, 0.3) is 0 Å². The highest BCUT2D eigenvalue weighted by Gasteiger charge is 2.25. The molecule has 3 N–H and O–H groups in total. The van der Waals surface area contributed by atoms with Crippen LogP contribution in [-0.2, 0) is 11.3 Å². The molecule has 1 amide bonds. The Morgan fingerprint density at radius 2 is 2.17 bits per heavy atom. The molecule has 1 aliphatic rings. The number of fused-ring (bicyclic) bond motifs is 1. The van der Waals surface area contributed by atoms with Crippen molar-refractivity contribution in [1.82, 2.24) is 20.2 Å². The van der Waals surface area contributed by atoms with E-state index in [2.05, 4.69) is 15.3 Å². The number of likely N-dealkylation sites (tertiary alicyclic amines) is 1. The minimum atomic E-state index is -0.990. The summed E-state index contributed by atoms with van der Waals surface area (Å²) in [5.41, 5.74) is 1.57. The summed E-state index contributed by atoms with van der Waals surface area (Å²) >= 11 is 0. The average molecular weight is 330 g/mol. The molecule has 0 saturated carbocycles. The molecule has 2 aromatic heterocycles. The molecule has 0 unspecified atom stereocenters. The van der Waals surface area contributed by atoms with Gasteiger partial charge in [-0.05, 0) is 30.9 Å². The molecule has 1 aliphatic heterocycles. The van der Waals surface area contributed by atoms with Crippen LogP contribution in [-0.4, -0.2) is 51.0 Å². The first-order valence-corrected chi connectivity index (χ1v) is 8.32. The number of aromatic nitrogens is 2. The maximum atomic E-state index is 12.5. The minimum absolute atomic E-state index is 0.132. The lowest BCUT2D eigenvalue weighted by molar-refractivity contribution is -0.132. The molecule has 3 heterocycles. The third-order valence-corrected chi connectivity index (χ3v) is 4.55. The molecule has 3 rings (SSSR count).